The van der Waals surface area contributed by atoms with Gasteiger partial charge < -0.3 is 4.90 Å². The van der Waals surface area contributed by atoms with E-state index < -0.39 is 17.9 Å². The van der Waals surface area contributed by atoms with Crippen LogP contribution in [0.25, 0.3) is 0 Å². The first kappa shape index (κ1) is 21.7. The third-order valence-corrected chi connectivity index (χ3v) is 6.78. The lowest BCUT2D eigenvalue weighted by atomic mass is 9.91. The topological polar surface area (TPSA) is 107 Å². The Kier molecular flexibility index (Phi) is 7.64. The fourth-order valence-electron chi connectivity index (χ4n) is 5.20. The van der Waals surface area contributed by atoms with Crippen LogP contribution in [0.15, 0.2) is 0 Å². The number of carbonyl (C=O) groups is 4. The van der Waals surface area contributed by atoms with Crippen LogP contribution in [0.5, 0.6) is 0 Å². The van der Waals surface area contributed by atoms with Crippen molar-refractivity contribution >= 4 is 24.1 Å². The summed E-state index contributed by atoms with van der Waals surface area (Å²) in [5, 5.41) is 12.7. The summed E-state index contributed by atoms with van der Waals surface area (Å²) < 4.78 is 0. The Hall–Kier alpha value is -1.96. The average molecular weight is 408 g/mol. The van der Waals surface area contributed by atoms with Crippen LogP contribution in [0.1, 0.15) is 70.6 Å². The lowest BCUT2D eigenvalue weighted by Crippen LogP contribution is -2.51. The standard InChI is InChI=1S/C21H33N3O5/c25-14-23(29)13-17(12-15-6-1-2-7-15)21(28)24-11-5-10-18(24)20(27)22-19(26)16-8-3-4-9-16/h14-18,29H,1-13H2,(H,22,26,27)/t17-,18+/m1/s1. The molecule has 1 aliphatic heterocycles. The van der Waals surface area contributed by atoms with E-state index >= 15 is 0 Å². The molecule has 2 N–H and O–H groups in total. The van der Waals surface area contributed by atoms with Gasteiger partial charge in [-0.15, -0.1) is 0 Å². The van der Waals surface area contributed by atoms with Gasteiger partial charge in [-0.3, -0.25) is 29.7 Å². The fourth-order valence-corrected chi connectivity index (χ4v) is 5.20. The van der Waals surface area contributed by atoms with Crippen molar-refractivity contribution in [3.63, 3.8) is 0 Å². The number of imide groups is 1. The summed E-state index contributed by atoms with van der Waals surface area (Å²) in [4.78, 5) is 50.7. The molecule has 0 spiro atoms. The van der Waals surface area contributed by atoms with Gasteiger partial charge in [0.25, 0.3) is 0 Å². The van der Waals surface area contributed by atoms with Crippen LogP contribution in [-0.2, 0) is 19.2 Å². The molecule has 0 radical (unpaired) electrons. The number of hydrogen-bond acceptors (Lipinski definition) is 5. The molecule has 2 saturated carbocycles. The molecule has 8 nitrogen and oxygen atoms in total. The number of likely N-dealkylation sites (tertiary alicyclic amines) is 1. The zero-order chi connectivity index (χ0) is 20.8. The fraction of sp³-hybridized carbons (Fsp3) is 0.810. The molecular weight excluding hydrogens is 374 g/mol. The van der Waals surface area contributed by atoms with Crippen molar-refractivity contribution < 1.29 is 24.4 Å². The maximum Gasteiger partial charge on any atom is 0.249 e. The van der Waals surface area contributed by atoms with Crippen molar-refractivity contribution in [3.8, 4) is 0 Å². The van der Waals surface area contributed by atoms with Gasteiger partial charge in [-0.1, -0.05) is 38.5 Å². The summed E-state index contributed by atoms with van der Waals surface area (Å²) in [5.74, 6) is -1.06. The van der Waals surface area contributed by atoms with Gasteiger partial charge in [0, 0.05) is 12.5 Å². The monoisotopic (exact) mass is 407 g/mol. The second-order valence-electron chi connectivity index (χ2n) is 8.84. The zero-order valence-electron chi connectivity index (χ0n) is 17.1. The van der Waals surface area contributed by atoms with Gasteiger partial charge in [-0.05, 0) is 38.0 Å². The Bertz CT molecular complexity index is 613. The molecule has 1 saturated heterocycles. The molecule has 162 valence electrons. The number of carbonyl (C=O) groups excluding carboxylic acids is 4. The number of hydrogen-bond donors (Lipinski definition) is 2. The van der Waals surface area contributed by atoms with E-state index in [0.717, 1.165) is 51.4 Å². The molecule has 0 bridgehead atoms. The third kappa shape index (κ3) is 5.56. The van der Waals surface area contributed by atoms with Crippen molar-refractivity contribution in [1.82, 2.24) is 15.3 Å². The smallest absolute Gasteiger partial charge is 0.249 e. The van der Waals surface area contributed by atoms with Crippen LogP contribution in [0, 0.1) is 17.8 Å². The number of amides is 4. The highest BCUT2D eigenvalue weighted by molar-refractivity contribution is 6.00. The van der Waals surface area contributed by atoms with E-state index in [0.29, 0.717) is 43.2 Å². The van der Waals surface area contributed by atoms with Crippen LogP contribution >= 0.6 is 0 Å². The minimum absolute atomic E-state index is 0.0648. The molecule has 29 heavy (non-hydrogen) atoms. The first-order valence-corrected chi connectivity index (χ1v) is 11.1. The van der Waals surface area contributed by atoms with Crippen LogP contribution in [0.3, 0.4) is 0 Å². The third-order valence-electron chi connectivity index (χ3n) is 6.78. The predicted octanol–water partition coefficient (Wildman–Crippen LogP) is 1.85. The highest BCUT2D eigenvalue weighted by atomic mass is 16.5. The highest BCUT2D eigenvalue weighted by Crippen LogP contribution is 2.32. The van der Waals surface area contributed by atoms with Crippen LogP contribution in [0.2, 0.25) is 0 Å². The minimum atomic E-state index is -0.651. The van der Waals surface area contributed by atoms with Gasteiger partial charge in [0.05, 0.1) is 12.5 Å². The van der Waals surface area contributed by atoms with Crippen LogP contribution < -0.4 is 5.32 Å². The summed E-state index contributed by atoms with van der Waals surface area (Å²) >= 11 is 0. The highest BCUT2D eigenvalue weighted by Gasteiger charge is 2.39. The predicted molar refractivity (Wildman–Crippen MR) is 104 cm³/mol. The van der Waals surface area contributed by atoms with E-state index in [1.807, 2.05) is 0 Å². The normalized spacial score (nSPS) is 23.9. The average Bonchev–Trinajstić information content (AvgIpc) is 3.48. The zero-order valence-corrected chi connectivity index (χ0v) is 17.1. The van der Waals surface area contributed by atoms with E-state index in [9.17, 15) is 24.4 Å². The molecule has 0 aromatic carbocycles. The molecular formula is C21H33N3O5. The maximum atomic E-state index is 13.2. The molecule has 3 rings (SSSR count). The lowest BCUT2D eigenvalue weighted by molar-refractivity contribution is -0.158. The van der Waals surface area contributed by atoms with Crippen molar-refractivity contribution in [2.75, 3.05) is 13.1 Å². The van der Waals surface area contributed by atoms with Gasteiger partial charge in [-0.2, -0.15) is 0 Å². The number of rotatable bonds is 8. The summed E-state index contributed by atoms with van der Waals surface area (Å²) in [6.07, 6.45) is 10.2. The Morgan fingerprint density at radius 3 is 2.31 bits per heavy atom. The van der Waals surface area contributed by atoms with Crippen LogP contribution in [-0.4, -0.2) is 58.4 Å². The largest absolute Gasteiger partial charge is 0.330 e. The summed E-state index contributed by atoms with van der Waals surface area (Å²) in [6.45, 7) is 0.396. The number of nitrogens with zero attached hydrogens (tertiary/aromatic N) is 2. The van der Waals surface area contributed by atoms with Crippen molar-refractivity contribution in [3.05, 3.63) is 0 Å². The molecule has 3 aliphatic rings. The minimum Gasteiger partial charge on any atom is -0.330 e. The second-order valence-corrected chi connectivity index (χ2v) is 8.84. The van der Waals surface area contributed by atoms with E-state index in [-0.39, 0.29) is 24.3 Å². The molecule has 2 atom stereocenters. The molecule has 1 heterocycles. The van der Waals surface area contributed by atoms with Gasteiger partial charge in [0.1, 0.15) is 6.04 Å². The first-order chi connectivity index (χ1) is 14.0. The van der Waals surface area contributed by atoms with Crippen molar-refractivity contribution in [2.45, 2.75) is 76.7 Å². The van der Waals surface area contributed by atoms with Crippen molar-refractivity contribution in [2.24, 2.45) is 17.8 Å². The number of nitrogens with one attached hydrogen (secondary N) is 1. The Morgan fingerprint density at radius 2 is 1.66 bits per heavy atom. The number of hydroxylamine groups is 2. The van der Waals surface area contributed by atoms with E-state index in [2.05, 4.69) is 5.32 Å². The summed E-state index contributed by atoms with van der Waals surface area (Å²) in [6, 6.07) is -0.651. The molecule has 3 fully saturated rings. The summed E-state index contributed by atoms with van der Waals surface area (Å²) in [7, 11) is 0. The SMILES string of the molecule is O=CN(O)C[C@@H](CC1CCCC1)C(=O)N1CCC[C@H]1C(=O)NC(=O)C1CCCC1. The molecule has 4 amide bonds. The molecule has 0 unspecified atom stereocenters. The lowest BCUT2D eigenvalue weighted by Gasteiger charge is -2.30. The van der Waals surface area contributed by atoms with Gasteiger partial charge in [0.2, 0.25) is 24.1 Å². The van der Waals surface area contributed by atoms with E-state index in [4.69, 9.17) is 0 Å². The second kappa shape index (κ2) is 10.2. The van der Waals surface area contributed by atoms with E-state index in [1.54, 1.807) is 4.90 Å². The van der Waals surface area contributed by atoms with E-state index in [1.165, 1.54) is 0 Å². The summed E-state index contributed by atoms with van der Waals surface area (Å²) in [5.41, 5.74) is 0. The first-order valence-electron chi connectivity index (χ1n) is 11.1. The molecule has 0 aromatic rings. The Balaban J connectivity index is 1.63. The van der Waals surface area contributed by atoms with Crippen LogP contribution in [0.4, 0.5) is 0 Å². The molecule has 8 heteroatoms. The van der Waals surface area contributed by atoms with Gasteiger partial charge >= 0.3 is 0 Å². The maximum absolute atomic E-state index is 13.2. The quantitative estimate of drug-likeness (QED) is 0.276. The molecule has 2 aliphatic carbocycles. The van der Waals surface area contributed by atoms with Gasteiger partial charge in [-0.25, -0.2) is 5.06 Å². The Morgan fingerprint density at radius 1 is 1.00 bits per heavy atom. The van der Waals surface area contributed by atoms with Crippen molar-refractivity contribution in [1.29, 1.82) is 0 Å². The van der Waals surface area contributed by atoms with Gasteiger partial charge in [0.15, 0.2) is 0 Å². The molecule has 0 aromatic heterocycles. The Labute approximate surface area is 171 Å².